The maximum atomic E-state index is 4.60. The fourth-order valence-electron chi connectivity index (χ4n) is 2.02. The molecule has 2 aromatic heterocycles. The molecule has 2 N–H and O–H groups in total. The van der Waals surface area contributed by atoms with Gasteiger partial charge in [0.25, 0.3) is 0 Å². The van der Waals surface area contributed by atoms with Crippen LogP contribution in [0.4, 0.5) is 11.8 Å². The van der Waals surface area contributed by atoms with Gasteiger partial charge in [0.15, 0.2) is 0 Å². The van der Waals surface area contributed by atoms with Gasteiger partial charge in [0, 0.05) is 23.7 Å². The van der Waals surface area contributed by atoms with Gasteiger partial charge in [0.2, 0.25) is 5.95 Å². The van der Waals surface area contributed by atoms with E-state index in [1.165, 1.54) is 4.88 Å². The Morgan fingerprint density at radius 2 is 2.15 bits per heavy atom. The maximum Gasteiger partial charge on any atom is 0.225 e. The van der Waals surface area contributed by atoms with Crippen LogP contribution in [-0.2, 0) is 6.42 Å². The fraction of sp³-hybridized carbons (Fsp3) is 0.571. The summed E-state index contributed by atoms with van der Waals surface area (Å²) in [4.78, 5) is 11.6. The molecule has 0 saturated carbocycles. The summed E-state index contributed by atoms with van der Waals surface area (Å²) in [7, 11) is 1.86. The second kappa shape index (κ2) is 7.13. The van der Waals surface area contributed by atoms with Crippen molar-refractivity contribution < 1.29 is 0 Å². The van der Waals surface area contributed by atoms with Gasteiger partial charge in [-0.3, -0.25) is 0 Å². The predicted molar refractivity (Wildman–Crippen MR) is 92.4 cm³/mol. The minimum absolute atomic E-state index is 0.442. The molecule has 0 spiro atoms. The second-order valence-electron chi connectivity index (χ2n) is 4.64. The summed E-state index contributed by atoms with van der Waals surface area (Å²) in [6.45, 7) is 4.38. The number of aryl methyl sites for hydroxylation is 1. The van der Waals surface area contributed by atoms with Gasteiger partial charge in [0.05, 0.1) is 5.39 Å². The van der Waals surface area contributed by atoms with Gasteiger partial charge < -0.3 is 10.6 Å². The topological polar surface area (TPSA) is 49.8 Å². The molecule has 0 fully saturated rings. The summed E-state index contributed by atoms with van der Waals surface area (Å²) in [6, 6.07) is 2.66. The molecule has 0 radical (unpaired) electrons. The summed E-state index contributed by atoms with van der Waals surface area (Å²) < 4.78 is 0. The molecule has 0 aliphatic carbocycles. The molecule has 1 unspecified atom stereocenters. The van der Waals surface area contributed by atoms with Crippen molar-refractivity contribution in [3.8, 4) is 0 Å². The molecule has 0 bridgehead atoms. The average Bonchev–Trinajstić information content (AvgIpc) is 2.89. The number of aromatic nitrogens is 2. The van der Waals surface area contributed by atoms with Gasteiger partial charge in [0.1, 0.15) is 10.6 Å². The van der Waals surface area contributed by atoms with E-state index in [0.717, 1.165) is 34.6 Å². The third-order valence-corrected chi connectivity index (χ3v) is 5.13. The van der Waals surface area contributed by atoms with Crippen molar-refractivity contribution in [2.75, 3.05) is 29.7 Å². The number of anilines is 2. The number of nitrogens with one attached hydrogen (secondary N) is 2. The van der Waals surface area contributed by atoms with Crippen molar-refractivity contribution in [2.45, 2.75) is 32.7 Å². The number of thioether (sulfide) groups is 1. The summed E-state index contributed by atoms with van der Waals surface area (Å²) in [5.41, 5.74) is 0. The Kier molecular flexibility index (Phi) is 5.48. The van der Waals surface area contributed by atoms with Crippen LogP contribution in [-0.4, -0.2) is 35.1 Å². The highest BCUT2D eigenvalue weighted by Gasteiger charge is 2.14. The monoisotopic (exact) mass is 310 g/mol. The summed E-state index contributed by atoms with van der Waals surface area (Å²) in [5.74, 6) is 2.72. The van der Waals surface area contributed by atoms with Gasteiger partial charge in [-0.2, -0.15) is 16.7 Å². The van der Waals surface area contributed by atoms with Crippen LogP contribution >= 0.6 is 23.1 Å². The van der Waals surface area contributed by atoms with Crippen molar-refractivity contribution in [1.82, 2.24) is 9.97 Å². The largest absolute Gasteiger partial charge is 0.366 e. The summed E-state index contributed by atoms with van der Waals surface area (Å²) in [5, 5.41) is 7.77. The van der Waals surface area contributed by atoms with E-state index < -0.39 is 0 Å². The van der Waals surface area contributed by atoms with E-state index in [-0.39, 0.29) is 0 Å². The SMILES string of the molecule is CCc1cc2c(NC(CC)CSC)nc(NC)nc2s1. The van der Waals surface area contributed by atoms with Crippen LogP contribution in [0.1, 0.15) is 25.1 Å². The van der Waals surface area contributed by atoms with Crippen molar-refractivity contribution >= 4 is 45.1 Å². The highest BCUT2D eigenvalue weighted by molar-refractivity contribution is 7.98. The molecule has 2 heterocycles. The van der Waals surface area contributed by atoms with Gasteiger partial charge in [-0.15, -0.1) is 11.3 Å². The molecule has 2 rings (SSSR count). The zero-order chi connectivity index (χ0) is 14.5. The van der Waals surface area contributed by atoms with E-state index in [1.54, 1.807) is 11.3 Å². The van der Waals surface area contributed by atoms with E-state index in [4.69, 9.17) is 0 Å². The molecule has 0 aromatic carbocycles. The molecule has 1 atom stereocenters. The summed E-state index contributed by atoms with van der Waals surface area (Å²) in [6.07, 6.45) is 4.27. The number of hydrogen-bond donors (Lipinski definition) is 2. The standard InChI is InChI=1S/C14H22N4S2/c1-5-9(8-19-4)16-12-11-7-10(6-2)20-13(11)18-14(15-3)17-12/h7,9H,5-6,8H2,1-4H3,(H2,15,16,17,18). The normalized spacial score (nSPS) is 12.6. The number of rotatable bonds is 7. The van der Waals surface area contributed by atoms with Crippen LogP contribution in [0, 0.1) is 0 Å². The van der Waals surface area contributed by atoms with Crippen LogP contribution in [0.3, 0.4) is 0 Å². The lowest BCUT2D eigenvalue weighted by Gasteiger charge is -2.17. The zero-order valence-electron chi connectivity index (χ0n) is 12.5. The molecular formula is C14H22N4S2. The molecule has 4 nitrogen and oxygen atoms in total. The number of thiophene rings is 1. The first kappa shape index (κ1) is 15.4. The van der Waals surface area contributed by atoms with E-state index in [0.29, 0.717) is 12.0 Å². The molecule has 0 amide bonds. The highest BCUT2D eigenvalue weighted by Crippen LogP contribution is 2.31. The maximum absolute atomic E-state index is 4.60. The lowest BCUT2D eigenvalue weighted by Crippen LogP contribution is -2.22. The molecule has 0 aliphatic heterocycles. The minimum Gasteiger partial charge on any atom is -0.366 e. The predicted octanol–water partition coefficient (Wildman–Crippen LogP) is 3.85. The van der Waals surface area contributed by atoms with E-state index in [9.17, 15) is 0 Å². The Labute approximate surface area is 128 Å². The van der Waals surface area contributed by atoms with Gasteiger partial charge in [-0.1, -0.05) is 13.8 Å². The number of fused-ring (bicyclic) bond motifs is 1. The van der Waals surface area contributed by atoms with Crippen LogP contribution in [0.5, 0.6) is 0 Å². The third kappa shape index (κ3) is 3.35. The van der Waals surface area contributed by atoms with Crippen molar-refractivity contribution in [1.29, 1.82) is 0 Å². The summed E-state index contributed by atoms with van der Waals surface area (Å²) >= 11 is 3.61. The van der Waals surface area contributed by atoms with E-state index >= 15 is 0 Å². The highest BCUT2D eigenvalue weighted by atomic mass is 32.2. The zero-order valence-corrected chi connectivity index (χ0v) is 14.1. The molecule has 110 valence electrons. The first-order valence-electron chi connectivity index (χ1n) is 6.95. The number of hydrogen-bond acceptors (Lipinski definition) is 6. The van der Waals surface area contributed by atoms with E-state index in [1.807, 2.05) is 18.8 Å². The van der Waals surface area contributed by atoms with Crippen molar-refractivity contribution in [3.05, 3.63) is 10.9 Å². The van der Waals surface area contributed by atoms with E-state index in [2.05, 4.69) is 46.8 Å². The Hall–Kier alpha value is -1.01. The quantitative estimate of drug-likeness (QED) is 0.813. The molecule has 20 heavy (non-hydrogen) atoms. The molecule has 0 saturated heterocycles. The average molecular weight is 310 g/mol. The second-order valence-corrected chi connectivity index (χ2v) is 6.66. The molecule has 0 aliphatic rings. The smallest absolute Gasteiger partial charge is 0.225 e. The van der Waals surface area contributed by atoms with Gasteiger partial charge in [-0.05, 0) is 25.2 Å². The first-order valence-corrected chi connectivity index (χ1v) is 9.16. The Bertz CT molecular complexity index is 568. The molecular weight excluding hydrogens is 288 g/mol. The van der Waals surface area contributed by atoms with Crippen molar-refractivity contribution in [3.63, 3.8) is 0 Å². The third-order valence-electron chi connectivity index (χ3n) is 3.22. The van der Waals surface area contributed by atoms with Gasteiger partial charge in [-0.25, -0.2) is 4.98 Å². The van der Waals surface area contributed by atoms with Gasteiger partial charge >= 0.3 is 0 Å². The van der Waals surface area contributed by atoms with Crippen molar-refractivity contribution in [2.24, 2.45) is 0 Å². The van der Waals surface area contributed by atoms with Crippen LogP contribution in [0.15, 0.2) is 6.07 Å². The Balaban J connectivity index is 2.40. The first-order chi connectivity index (χ1) is 9.71. The lowest BCUT2D eigenvalue weighted by atomic mass is 10.2. The Morgan fingerprint density at radius 1 is 1.35 bits per heavy atom. The lowest BCUT2D eigenvalue weighted by molar-refractivity contribution is 0.771. The molecule has 2 aromatic rings. The minimum atomic E-state index is 0.442. The molecule has 6 heteroatoms. The van der Waals surface area contributed by atoms with Crippen LogP contribution in [0.25, 0.3) is 10.2 Å². The Morgan fingerprint density at radius 3 is 2.75 bits per heavy atom. The fourth-order valence-corrected chi connectivity index (χ4v) is 3.71. The van der Waals surface area contributed by atoms with Crippen LogP contribution in [0.2, 0.25) is 0 Å². The van der Waals surface area contributed by atoms with Crippen LogP contribution < -0.4 is 10.6 Å². The number of nitrogens with zero attached hydrogens (tertiary/aromatic N) is 2.